The molecule has 0 spiro atoms. The van der Waals surface area contributed by atoms with Crippen LogP contribution in [0, 0.1) is 0 Å². The summed E-state index contributed by atoms with van der Waals surface area (Å²) >= 11 is 0. The minimum absolute atomic E-state index is 0.0899. The molecule has 0 aliphatic carbocycles. The molecule has 1 saturated heterocycles. The Kier molecular flexibility index (Phi) is 5.33. The molecule has 1 amide bonds. The fraction of sp³-hybridized carbons (Fsp3) is 0.208. The van der Waals surface area contributed by atoms with Gasteiger partial charge in [-0.25, -0.2) is 4.98 Å². The van der Waals surface area contributed by atoms with Crippen LogP contribution < -0.4 is 10.6 Å². The van der Waals surface area contributed by atoms with Gasteiger partial charge in [-0.3, -0.25) is 14.2 Å². The topological polar surface area (TPSA) is 80.5 Å². The fourth-order valence-corrected chi connectivity index (χ4v) is 3.78. The Morgan fingerprint density at radius 1 is 1.13 bits per heavy atom. The molecule has 1 unspecified atom stereocenters. The highest BCUT2D eigenvalue weighted by Gasteiger charge is 2.17. The van der Waals surface area contributed by atoms with Crippen molar-refractivity contribution >= 4 is 23.1 Å². The van der Waals surface area contributed by atoms with Gasteiger partial charge in [0.1, 0.15) is 11.5 Å². The van der Waals surface area contributed by atoms with E-state index in [1.54, 1.807) is 12.4 Å². The lowest BCUT2D eigenvalue weighted by Gasteiger charge is -2.12. The lowest BCUT2D eigenvalue weighted by molar-refractivity contribution is 0.0858. The number of hydrogen-bond donors (Lipinski definition) is 2. The third kappa shape index (κ3) is 4.13. The number of carbonyl (C=O) groups excluding carboxylic acids is 1. The van der Waals surface area contributed by atoms with Gasteiger partial charge in [0.2, 0.25) is 0 Å². The van der Waals surface area contributed by atoms with Crippen LogP contribution >= 0.6 is 0 Å². The molecule has 7 nitrogen and oxygen atoms in total. The minimum atomic E-state index is -0.0899. The number of anilines is 2. The minimum Gasteiger partial charge on any atom is -0.376 e. The number of nitrogens with zero attached hydrogens (tertiary/aromatic N) is 3. The van der Waals surface area contributed by atoms with Gasteiger partial charge in [0, 0.05) is 42.4 Å². The molecule has 0 radical (unpaired) electrons. The highest BCUT2D eigenvalue weighted by atomic mass is 16.5. The Hall–Kier alpha value is -3.71. The summed E-state index contributed by atoms with van der Waals surface area (Å²) in [6.45, 7) is 1.33. The van der Waals surface area contributed by atoms with E-state index in [9.17, 15) is 4.79 Å². The molecule has 2 N–H and O–H groups in total. The van der Waals surface area contributed by atoms with E-state index in [2.05, 4.69) is 15.6 Å². The van der Waals surface area contributed by atoms with E-state index in [0.29, 0.717) is 12.1 Å². The summed E-state index contributed by atoms with van der Waals surface area (Å²) in [5, 5.41) is 6.41. The van der Waals surface area contributed by atoms with E-state index in [0.717, 1.165) is 47.9 Å². The van der Waals surface area contributed by atoms with Crippen LogP contribution in [0.2, 0.25) is 0 Å². The smallest absolute Gasteiger partial charge is 0.251 e. The zero-order valence-corrected chi connectivity index (χ0v) is 17.0. The summed E-state index contributed by atoms with van der Waals surface area (Å²) in [6, 6.07) is 17.5. The normalized spacial score (nSPS) is 15.8. The monoisotopic (exact) mass is 413 g/mol. The number of fused-ring (bicyclic) bond motifs is 1. The molecule has 7 heteroatoms. The Morgan fingerprint density at radius 2 is 1.97 bits per heavy atom. The lowest BCUT2D eigenvalue weighted by atomic mass is 10.1. The Balaban J connectivity index is 1.37. The Labute approximate surface area is 180 Å². The third-order valence-corrected chi connectivity index (χ3v) is 5.40. The number of ether oxygens (including phenoxy) is 1. The standard InChI is InChI=1S/C24H23N5O2/c30-24(26-15-20-7-4-14-31-20)18-8-10-19(11-9-18)27-23-22(17-5-2-1-3-6-17)28-21-16-25-12-13-29(21)23/h1-3,5-6,8-13,16,20,27H,4,7,14-15H2,(H,26,30). The molecule has 1 aliphatic heterocycles. The van der Waals surface area contributed by atoms with Crippen molar-refractivity contribution < 1.29 is 9.53 Å². The maximum atomic E-state index is 12.4. The number of imidazole rings is 1. The number of carbonyl (C=O) groups is 1. The second-order valence-electron chi connectivity index (χ2n) is 7.53. The summed E-state index contributed by atoms with van der Waals surface area (Å²) in [6.07, 6.45) is 7.54. The van der Waals surface area contributed by atoms with Crippen molar-refractivity contribution in [3.05, 3.63) is 78.8 Å². The van der Waals surface area contributed by atoms with Gasteiger partial charge in [-0.2, -0.15) is 0 Å². The van der Waals surface area contributed by atoms with Gasteiger partial charge in [0.25, 0.3) is 5.91 Å². The zero-order chi connectivity index (χ0) is 21.0. The molecule has 0 saturated carbocycles. The van der Waals surface area contributed by atoms with Crippen LogP contribution in [0.3, 0.4) is 0 Å². The summed E-state index contributed by atoms with van der Waals surface area (Å²) in [7, 11) is 0. The summed E-state index contributed by atoms with van der Waals surface area (Å²) < 4.78 is 7.53. The van der Waals surface area contributed by atoms with Gasteiger partial charge in [-0.05, 0) is 37.1 Å². The van der Waals surface area contributed by atoms with Crippen LogP contribution in [0.4, 0.5) is 11.5 Å². The molecular weight excluding hydrogens is 390 g/mol. The first-order chi connectivity index (χ1) is 15.3. The molecule has 2 aromatic heterocycles. The van der Waals surface area contributed by atoms with E-state index in [-0.39, 0.29) is 12.0 Å². The van der Waals surface area contributed by atoms with Crippen LogP contribution in [0.5, 0.6) is 0 Å². The van der Waals surface area contributed by atoms with Crippen molar-refractivity contribution in [3.8, 4) is 11.3 Å². The molecule has 5 rings (SSSR count). The first-order valence-corrected chi connectivity index (χ1v) is 10.4. The molecule has 4 aromatic rings. The van der Waals surface area contributed by atoms with Crippen molar-refractivity contribution in [2.75, 3.05) is 18.5 Å². The van der Waals surface area contributed by atoms with E-state index >= 15 is 0 Å². The largest absolute Gasteiger partial charge is 0.376 e. The summed E-state index contributed by atoms with van der Waals surface area (Å²) in [4.78, 5) is 21.4. The fourth-order valence-electron chi connectivity index (χ4n) is 3.78. The van der Waals surface area contributed by atoms with Crippen LogP contribution in [0.1, 0.15) is 23.2 Å². The maximum absolute atomic E-state index is 12.4. The first-order valence-electron chi connectivity index (χ1n) is 10.4. The maximum Gasteiger partial charge on any atom is 0.251 e. The molecule has 0 bridgehead atoms. The van der Waals surface area contributed by atoms with Gasteiger partial charge in [0.05, 0.1) is 12.3 Å². The van der Waals surface area contributed by atoms with Gasteiger partial charge in [0.15, 0.2) is 5.65 Å². The Morgan fingerprint density at radius 3 is 2.74 bits per heavy atom. The number of aromatic nitrogens is 3. The zero-order valence-electron chi connectivity index (χ0n) is 17.0. The average molecular weight is 413 g/mol. The Bertz CT molecular complexity index is 1180. The predicted molar refractivity (Wildman–Crippen MR) is 119 cm³/mol. The second kappa shape index (κ2) is 8.57. The highest BCUT2D eigenvalue weighted by molar-refractivity contribution is 5.94. The van der Waals surface area contributed by atoms with Crippen molar-refractivity contribution in [3.63, 3.8) is 0 Å². The number of nitrogens with one attached hydrogen (secondary N) is 2. The van der Waals surface area contributed by atoms with E-state index in [1.807, 2.05) is 65.2 Å². The SMILES string of the molecule is O=C(NCC1CCCO1)c1ccc(Nc2c(-c3ccccc3)nc3cnccn23)cc1. The quantitative estimate of drug-likeness (QED) is 0.499. The van der Waals surface area contributed by atoms with Crippen molar-refractivity contribution in [2.24, 2.45) is 0 Å². The number of benzene rings is 2. The lowest BCUT2D eigenvalue weighted by Crippen LogP contribution is -2.31. The molecule has 3 heterocycles. The summed E-state index contributed by atoms with van der Waals surface area (Å²) in [5.41, 5.74) is 4.10. The second-order valence-corrected chi connectivity index (χ2v) is 7.53. The predicted octanol–water partition coefficient (Wildman–Crippen LogP) is 4.05. The van der Waals surface area contributed by atoms with Crippen LogP contribution in [-0.4, -0.2) is 39.5 Å². The van der Waals surface area contributed by atoms with Gasteiger partial charge in [-0.15, -0.1) is 0 Å². The molecule has 1 atom stereocenters. The molecule has 156 valence electrons. The molecule has 1 aliphatic rings. The highest BCUT2D eigenvalue weighted by Crippen LogP contribution is 2.30. The van der Waals surface area contributed by atoms with E-state index in [4.69, 9.17) is 9.72 Å². The van der Waals surface area contributed by atoms with E-state index in [1.165, 1.54) is 0 Å². The van der Waals surface area contributed by atoms with E-state index < -0.39 is 0 Å². The number of amides is 1. The number of rotatable bonds is 6. The molecule has 31 heavy (non-hydrogen) atoms. The van der Waals surface area contributed by atoms with Crippen molar-refractivity contribution in [1.29, 1.82) is 0 Å². The first kappa shape index (κ1) is 19.3. The van der Waals surface area contributed by atoms with Crippen molar-refractivity contribution in [1.82, 2.24) is 19.7 Å². The van der Waals surface area contributed by atoms with Gasteiger partial charge < -0.3 is 15.4 Å². The average Bonchev–Trinajstić information content (AvgIpc) is 3.47. The van der Waals surface area contributed by atoms with Crippen molar-refractivity contribution in [2.45, 2.75) is 18.9 Å². The molecular formula is C24H23N5O2. The van der Waals surface area contributed by atoms with Gasteiger partial charge >= 0.3 is 0 Å². The van der Waals surface area contributed by atoms with Crippen LogP contribution in [0.25, 0.3) is 16.9 Å². The third-order valence-electron chi connectivity index (χ3n) is 5.40. The van der Waals surface area contributed by atoms with Crippen LogP contribution in [-0.2, 0) is 4.74 Å². The summed E-state index contributed by atoms with van der Waals surface area (Å²) in [5.74, 6) is 0.757. The molecule has 1 fully saturated rings. The van der Waals surface area contributed by atoms with Crippen LogP contribution in [0.15, 0.2) is 73.2 Å². The van der Waals surface area contributed by atoms with Gasteiger partial charge in [-0.1, -0.05) is 30.3 Å². The number of hydrogen-bond acceptors (Lipinski definition) is 5. The molecule has 2 aromatic carbocycles.